The van der Waals surface area contributed by atoms with Crippen LogP contribution >= 0.6 is 0 Å². The predicted octanol–water partition coefficient (Wildman–Crippen LogP) is 2.51. The number of hydrogen-bond acceptors (Lipinski definition) is 1. The van der Waals surface area contributed by atoms with Crippen LogP contribution in [0.2, 0.25) is 0 Å². The molecule has 0 aliphatic rings. The molecule has 0 fully saturated rings. The van der Waals surface area contributed by atoms with E-state index in [1.54, 1.807) is 0 Å². The average Bonchev–Trinajstić information content (AvgIpc) is 2.27. The molecule has 68 valence electrons. The van der Waals surface area contributed by atoms with Crippen LogP contribution < -0.4 is 0 Å². The third kappa shape index (κ3) is 1.48. The SMILES string of the molecule is C#C[C@@H](O)c1ccc2ccccc2c1. The van der Waals surface area contributed by atoms with E-state index in [9.17, 15) is 5.11 Å². The zero-order valence-corrected chi connectivity index (χ0v) is 7.64. The Morgan fingerprint density at radius 3 is 2.50 bits per heavy atom. The first-order chi connectivity index (χ1) is 6.81. The van der Waals surface area contributed by atoms with E-state index in [0.717, 1.165) is 16.3 Å². The summed E-state index contributed by atoms with van der Waals surface area (Å²) in [5, 5.41) is 11.7. The molecule has 0 heterocycles. The van der Waals surface area contributed by atoms with E-state index in [-0.39, 0.29) is 0 Å². The second-order valence-electron chi connectivity index (χ2n) is 3.18. The van der Waals surface area contributed by atoms with E-state index in [4.69, 9.17) is 6.42 Å². The predicted molar refractivity (Wildman–Crippen MR) is 57.7 cm³/mol. The van der Waals surface area contributed by atoms with Crippen LogP contribution in [0.4, 0.5) is 0 Å². The fraction of sp³-hybridized carbons (Fsp3) is 0.0769. The summed E-state index contributed by atoms with van der Waals surface area (Å²) >= 11 is 0. The van der Waals surface area contributed by atoms with Crippen molar-refractivity contribution in [2.24, 2.45) is 0 Å². The summed E-state index contributed by atoms with van der Waals surface area (Å²) in [6, 6.07) is 13.7. The highest BCUT2D eigenvalue weighted by molar-refractivity contribution is 5.83. The highest BCUT2D eigenvalue weighted by atomic mass is 16.3. The number of aliphatic hydroxyl groups excluding tert-OH is 1. The standard InChI is InChI=1S/C13H10O/c1-2-13(14)12-8-7-10-5-3-4-6-11(10)9-12/h1,3-9,13-14H/t13-/m1/s1. The molecule has 0 radical (unpaired) electrons. The summed E-state index contributed by atoms with van der Waals surface area (Å²) in [6.45, 7) is 0. The van der Waals surface area contributed by atoms with Gasteiger partial charge < -0.3 is 5.11 Å². The van der Waals surface area contributed by atoms with Gasteiger partial charge in [-0.2, -0.15) is 0 Å². The molecule has 0 unspecified atom stereocenters. The molecule has 0 aliphatic carbocycles. The zero-order valence-electron chi connectivity index (χ0n) is 7.64. The Bertz CT molecular complexity index is 494. The summed E-state index contributed by atoms with van der Waals surface area (Å²) in [5.74, 6) is 2.30. The summed E-state index contributed by atoms with van der Waals surface area (Å²) < 4.78 is 0. The molecule has 0 bridgehead atoms. The topological polar surface area (TPSA) is 20.2 Å². The van der Waals surface area contributed by atoms with Gasteiger partial charge in [-0.15, -0.1) is 6.42 Å². The van der Waals surface area contributed by atoms with Gasteiger partial charge >= 0.3 is 0 Å². The smallest absolute Gasteiger partial charge is 0.140 e. The molecular formula is C13H10O. The molecule has 1 N–H and O–H groups in total. The van der Waals surface area contributed by atoms with E-state index in [0.29, 0.717) is 0 Å². The molecule has 2 aromatic rings. The molecule has 0 amide bonds. The van der Waals surface area contributed by atoms with Crippen LogP contribution in [-0.4, -0.2) is 5.11 Å². The van der Waals surface area contributed by atoms with Gasteiger partial charge in [0.1, 0.15) is 6.10 Å². The van der Waals surface area contributed by atoms with Gasteiger partial charge in [-0.25, -0.2) is 0 Å². The molecule has 2 rings (SSSR count). The first kappa shape index (κ1) is 8.80. The van der Waals surface area contributed by atoms with Crippen LogP contribution in [0.15, 0.2) is 42.5 Å². The number of benzene rings is 2. The molecule has 2 aromatic carbocycles. The van der Waals surface area contributed by atoms with Gasteiger partial charge in [0.25, 0.3) is 0 Å². The summed E-state index contributed by atoms with van der Waals surface area (Å²) in [4.78, 5) is 0. The van der Waals surface area contributed by atoms with Gasteiger partial charge in [-0.05, 0) is 22.4 Å². The Hall–Kier alpha value is -1.78. The van der Waals surface area contributed by atoms with Gasteiger partial charge in [0.2, 0.25) is 0 Å². The largest absolute Gasteiger partial charge is 0.376 e. The van der Waals surface area contributed by atoms with Gasteiger partial charge in [0, 0.05) is 0 Å². The molecule has 14 heavy (non-hydrogen) atoms. The maximum atomic E-state index is 9.45. The van der Waals surface area contributed by atoms with Crippen molar-refractivity contribution in [1.29, 1.82) is 0 Å². The van der Waals surface area contributed by atoms with Gasteiger partial charge in [0.05, 0.1) is 0 Å². The highest BCUT2D eigenvalue weighted by Gasteiger charge is 2.03. The monoisotopic (exact) mass is 182 g/mol. The summed E-state index contributed by atoms with van der Waals surface area (Å²) in [6.07, 6.45) is 4.34. The van der Waals surface area contributed by atoms with Gasteiger partial charge in [0.15, 0.2) is 0 Å². The Morgan fingerprint density at radius 2 is 1.79 bits per heavy atom. The number of rotatable bonds is 1. The van der Waals surface area contributed by atoms with Crippen LogP contribution in [0.25, 0.3) is 10.8 Å². The van der Waals surface area contributed by atoms with Crippen LogP contribution in [0.5, 0.6) is 0 Å². The highest BCUT2D eigenvalue weighted by Crippen LogP contribution is 2.19. The minimum absolute atomic E-state index is 0.770. The lowest BCUT2D eigenvalue weighted by molar-refractivity contribution is 0.239. The van der Waals surface area contributed by atoms with Crippen molar-refractivity contribution in [3.05, 3.63) is 48.0 Å². The van der Waals surface area contributed by atoms with Gasteiger partial charge in [-0.3, -0.25) is 0 Å². The molecule has 0 aliphatic heterocycles. The number of hydrogen-bond donors (Lipinski definition) is 1. The minimum Gasteiger partial charge on any atom is -0.376 e. The van der Waals surface area contributed by atoms with Crippen molar-refractivity contribution in [3.8, 4) is 12.3 Å². The first-order valence-electron chi connectivity index (χ1n) is 4.44. The summed E-state index contributed by atoms with van der Waals surface area (Å²) in [7, 11) is 0. The Kier molecular flexibility index (Phi) is 2.22. The fourth-order valence-corrected chi connectivity index (χ4v) is 1.47. The quantitative estimate of drug-likeness (QED) is 0.672. The molecular weight excluding hydrogens is 172 g/mol. The van der Waals surface area contributed by atoms with Crippen LogP contribution in [-0.2, 0) is 0 Å². The number of terminal acetylenes is 1. The van der Waals surface area contributed by atoms with Crippen molar-refractivity contribution < 1.29 is 5.11 Å². The van der Waals surface area contributed by atoms with Crippen LogP contribution in [0.3, 0.4) is 0 Å². The second kappa shape index (κ2) is 3.53. The number of aliphatic hydroxyl groups is 1. The van der Waals surface area contributed by atoms with Crippen molar-refractivity contribution in [1.82, 2.24) is 0 Å². The van der Waals surface area contributed by atoms with E-state index < -0.39 is 6.10 Å². The van der Waals surface area contributed by atoms with Crippen molar-refractivity contribution in [2.75, 3.05) is 0 Å². The zero-order chi connectivity index (χ0) is 9.97. The Labute approximate surface area is 83.0 Å². The van der Waals surface area contributed by atoms with E-state index in [1.165, 1.54) is 0 Å². The lowest BCUT2D eigenvalue weighted by atomic mass is 10.0. The molecule has 0 aromatic heterocycles. The molecule has 1 heteroatoms. The second-order valence-corrected chi connectivity index (χ2v) is 3.18. The third-order valence-electron chi connectivity index (χ3n) is 2.25. The van der Waals surface area contributed by atoms with E-state index in [2.05, 4.69) is 5.92 Å². The summed E-state index contributed by atoms with van der Waals surface area (Å²) in [5.41, 5.74) is 0.770. The molecule has 0 spiro atoms. The third-order valence-corrected chi connectivity index (χ3v) is 2.25. The maximum absolute atomic E-state index is 9.45. The van der Waals surface area contributed by atoms with E-state index >= 15 is 0 Å². The Morgan fingerprint density at radius 1 is 1.07 bits per heavy atom. The van der Waals surface area contributed by atoms with E-state index in [1.807, 2.05) is 42.5 Å². The normalized spacial score (nSPS) is 12.3. The maximum Gasteiger partial charge on any atom is 0.140 e. The molecule has 1 atom stereocenters. The number of fused-ring (bicyclic) bond motifs is 1. The fourth-order valence-electron chi connectivity index (χ4n) is 1.47. The lowest BCUT2D eigenvalue weighted by Crippen LogP contribution is -1.92. The van der Waals surface area contributed by atoms with Crippen LogP contribution in [0, 0.1) is 12.3 Å². The van der Waals surface area contributed by atoms with Crippen molar-refractivity contribution in [2.45, 2.75) is 6.10 Å². The van der Waals surface area contributed by atoms with Crippen molar-refractivity contribution >= 4 is 10.8 Å². The average molecular weight is 182 g/mol. The Balaban J connectivity index is 2.58. The van der Waals surface area contributed by atoms with Gasteiger partial charge in [-0.1, -0.05) is 42.3 Å². The minimum atomic E-state index is -0.806. The first-order valence-corrected chi connectivity index (χ1v) is 4.44. The van der Waals surface area contributed by atoms with Crippen molar-refractivity contribution in [3.63, 3.8) is 0 Å². The van der Waals surface area contributed by atoms with Crippen LogP contribution in [0.1, 0.15) is 11.7 Å². The molecule has 1 nitrogen and oxygen atoms in total. The molecule has 0 saturated heterocycles. The lowest BCUT2D eigenvalue weighted by Gasteiger charge is -2.04. The molecule has 0 saturated carbocycles.